The van der Waals surface area contributed by atoms with Crippen LogP contribution in [-0.4, -0.2) is 15.9 Å². The normalized spacial score (nSPS) is 10.3. The molecule has 0 saturated carbocycles. The lowest BCUT2D eigenvalue weighted by Crippen LogP contribution is -2.13. The summed E-state index contributed by atoms with van der Waals surface area (Å²) in [6.45, 7) is 2.04. The first-order valence-electron chi connectivity index (χ1n) is 5.40. The molecule has 1 aromatic heterocycles. The summed E-state index contributed by atoms with van der Waals surface area (Å²) in [6.07, 6.45) is 3.33. The van der Waals surface area contributed by atoms with Gasteiger partial charge in [0.2, 0.25) is 5.91 Å². The molecule has 0 saturated heterocycles. The largest absolute Gasteiger partial charge is 0.378 e. The number of rotatable bonds is 4. The molecule has 0 fully saturated rings. The van der Waals surface area contributed by atoms with Crippen molar-refractivity contribution < 1.29 is 9.18 Å². The third-order valence-electron chi connectivity index (χ3n) is 2.63. The quantitative estimate of drug-likeness (QED) is 0.767. The molecule has 2 aromatic rings. The summed E-state index contributed by atoms with van der Waals surface area (Å²) in [7, 11) is 0. The third-order valence-corrected chi connectivity index (χ3v) is 2.63. The molecule has 18 heavy (non-hydrogen) atoms. The van der Waals surface area contributed by atoms with Crippen LogP contribution < -0.4 is 11.1 Å². The predicted octanol–water partition coefficient (Wildman–Crippen LogP) is 1.57. The fourth-order valence-electron chi connectivity index (χ4n) is 1.58. The van der Waals surface area contributed by atoms with Gasteiger partial charge in [-0.3, -0.25) is 4.79 Å². The summed E-state index contributed by atoms with van der Waals surface area (Å²) in [5, 5.41) is 3.01. The number of nitrogens with one attached hydrogen (secondary N) is 2. The van der Waals surface area contributed by atoms with E-state index in [2.05, 4.69) is 15.3 Å². The molecule has 94 valence electrons. The molecule has 0 radical (unpaired) electrons. The summed E-state index contributed by atoms with van der Waals surface area (Å²) >= 11 is 0. The number of aromatic nitrogens is 2. The Hall–Kier alpha value is -2.37. The van der Waals surface area contributed by atoms with Gasteiger partial charge in [-0.2, -0.15) is 0 Å². The third kappa shape index (κ3) is 2.48. The number of aromatic amines is 1. The molecule has 1 aromatic carbocycles. The molecular weight excluding hydrogens is 235 g/mol. The number of hydrogen-bond acceptors (Lipinski definition) is 3. The van der Waals surface area contributed by atoms with Crippen LogP contribution in [0.4, 0.5) is 10.1 Å². The molecule has 0 aliphatic rings. The second kappa shape index (κ2) is 4.87. The van der Waals surface area contributed by atoms with E-state index in [1.165, 1.54) is 6.07 Å². The van der Waals surface area contributed by atoms with E-state index in [1.807, 2.05) is 0 Å². The number of nitrogens with zero attached hydrogens (tertiary/aromatic N) is 1. The van der Waals surface area contributed by atoms with E-state index in [1.54, 1.807) is 19.3 Å². The van der Waals surface area contributed by atoms with Gasteiger partial charge in [-0.1, -0.05) is 0 Å². The second-order valence-corrected chi connectivity index (χ2v) is 3.88. The number of primary amides is 1. The molecule has 0 aliphatic heterocycles. The van der Waals surface area contributed by atoms with E-state index in [0.29, 0.717) is 17.8 Å². The van der Waals surface area contributed by atoms with Crippen LogP contribution in [0.25, 0.3) is 0 Å². The fourth-order valence-corrected chi connectivity index (χ4v) is 1.58. The van der Waals surface area contributed by atoms with Gasteiger partial charge in [-0.05, 0) is 19.1 Å². The lowest BCUT2D eigenvalue weighted by molar-refractivity contribution is 0.1000. The van der Waals surface area contributed by atoms with Crippen molar-refractivity contribution in [1.29, 1.82) is 0 Å². The molecule has 1 heterocycles. The van der Waals surface area contributed by atoms with E-state index in [-0.39, 0.29) is 5.56 Å². The standard InChI is InChI=1S/C12H13FN4O/c1-7-9(13)4-8(12(14)18)5-10(7)17-6-11-15-2-3-16-11/h2-5,17H,6H2,1H3,(H2,14,18)(H,15,16). The molecule has 4 N–H and O–H groups in total. The topological polar surface area (TPSA) is 83.8 Å². The lowest BCUT2D eigenvalue weighted by Gasteiger charge is -2.10. The first-order chi connectivity index (χ1) is 8.58. The Morgan fingerprint density at radius 3 is 2.94 bits per heavy atom. The molecule has 2 rings (SSSR count). The fraction of sp³-hybridized carbons (Fsp3) is 0.167. The Morgan fingerprint density at radius 1 is 1.56 bits per heavy atom. The molecule has 6 heteroatoms. The Balaban J connectivity index is 2.23. The molecule has 0 spiro atoms. The summed E-state index contributed by atoms with van der Waals surface area (Å²) in [5.41, 5.74) is 6.24. The van der Waals surface area contributed by atoms with Crippen LogP contribution in [-0.2, 0) is 6.54 Å². The second-order valence-electron chi connectivity index (χ2n) is 3.88. The highest BCUT2D eigenvalue weighted by molar-refractivity contribution is 5.94. The number of H-pyrrole nitrogens is 1. The number of nitrogens with two attached hydrogens (primary N) is 1. The van der Waals surface area contributed by atoms with Crippen molar-refractivity contribution in [3.63, 3.8) is 0 Å². The maximum Gasteiger partial charge on any atom is 0.248 e. The Labute approximate surface area is 103 Å². The smallest absolute Gasteiger partial charge is 0.248 e. The van der Waals surface area contributed by atoms with E-state index in [0.717, 1.165) is 11.9 Å². The zero-order valence-electron chi connectivity index (χ0n) is 9.83. The molecule has 0 aliphatic carbocycles. The van der Waals surface area contributed by atoms with Gasteiger partial charge in [0, 0.05) is 29.2 Å². The number of amides is 1. The first-order valence-corrected chi connectivity index (χ1v) is 5.40. The van der Waals surface area contributed by atoms with Crippen molar-refractivity contribution in [3.8, 4) is 0 Å². The highest BCUT2D eigenvalue weighted by Crippen LogP contribution is 2.21. The molecule has 5 nitrogen and oxygen atoms in total. The monoisotopic (exact) mass is 248 g/mol. The van der Waals surface area contributed by atoms with Gasteiger partial charge in [0.1, 0.15) is 11.6 Å². The average Bonchev–Trinajstić information content (AvgIpc) is 2.83. The van der Waals surface area contributed by atoms with Gasteiger partial charge < -0.3 is 16.0 Å². The number of anilines is 1. The Bertz CT molecular complexity index is 566. The van der Waals surface area contributed by atoms with Crippen LogP contribution >= 0.6 is 0 Å². The Kier molecular flexibility index (Phi) is 3.27. The number of carbonyl (C=O) groups excluding carboxylic acids is 1. The van der Waals surface area contributed by atoms with Gasteiger partial charge in [-0.15, -0.1) is 0 Å². The molecule has 1 amide bonds. The van der Waals surface area contributed by atoms with Gasteiger partial charge >= 0.3 is 0 Å². The van der Waals surface area contributed by atoms with Crippen molar-refractivity contribution in [2.24, 2.45) is 5.73 Å². The number of benzene rings is 1. The van der Waals surface area contributed by atoms with E-state index in [4.69, 9.17) is 5.73 Å². The molecular formula is C12H13FN4O. The number of hydrogen-bond donors (Lipinski definition) is 3. The highest BCUT2D eigenvalue weighted by atomic mass is 19.1. The highest BCUT2D eigenvalue weighted by Gasteiger charge is 2.10. The first kappa shape index (κ1) is 12.1. The van der Waals surface area contributed by atoms with Gasteiger partial charge in [0.15, 0.2) is 0 Å². The van der Waals surface area contributed by atoms with Crippen molar-refractivity contribution in [1.82, 2.24) is 9.97 Å². The van der Waals surface area contributed by atoms with Gasteiger partial charge in [0.05, 0.1) is 6.54 Å². The van der Waals surface area contributed by atoms with Crippen molar-refractivity contribution >= 4 is 11.6 Å². The Morgan fingerprint density at radius 2 is 2.33 bits per heavy atom. The van der Waals surface area contributed by atoms with Crippen LogP contribution in [0.3, 0.4) is 0 Å². The van der Waals surface area contributed by atoms with Crippen molar-refractivity contribution in [2.75, 3.05) is 5.32 Å². The SMILES string of the molecule is Cc1c(F)cc(C(N)=O)cc1NCc1ncc[nH]1. The van der Waals surface area contributed by atoms with Crippen molar-refractivity contribution in [2.45, 2.75) is 13.5 Å². The minimum absolute atomic E-state index is 0.139. The van der Waals surface area contributed by atoms with Crippen LogP contribution in [0.2, 0.25) is 0 Å². The van der Waals surface area contributed by atoms with Crippen molar-refractivity contribution in [3.05, 3.63) is 47.3 Å². The minimum Gasteiger partial charge on any atom is -0.378 e. The van der Waals surface area contributed by atoms with Crippen LogP contribution in [0.15, 0.2) is 24.5 Å². The van der Waals surface area contributed by atoms with Gasteiger partial charge in [0.25, 0.3) is 0 Å². The van der Waals surface area contributed by atoms with E-state index >= 15 is 0 Å². The summed E-state index contributed by atoms with van der Waals surface area (Å²) < 4.78 is 13.6. The minimum atomic E-state index is -0.657. The number of halogens is 1. The van der Waals surface area contributed by atoms with E-state index in [9.17, 15) is 9.18 Å². The summed E-state index contributed by atoms with van der Waals surface area (Å²) in [5.74, 6) is -0.400. The van der Waals surface area contributed by atoms with Crippen LogP contribution in [0, 0.1) is 12.7 Å². The molecule has 0 unspecified atom stereocenters. The van der Waals surface area contributed by atoms with Crippen LogP contribution in [0.1, 0.15) is 21.7 Å². The maximum absolute atomic E-state index is 13.6. The number of carbonyl (C=O) groups is 1. The molecule has 0 atom stereocenters. The zero-order chi connectivity index (χ0) is 13.1. The average molecular weight is 248 g/mol. The zero-order valence-corrected chi connectivity index (χ0v) is 9.83. The van der Waals surface area contributed by atoms with Crippen LogP contribution in [0.5, 0.6) is 0 Å². The molecule has 0 bridgehead atoms. The summed E-state index contributed by atoms with van der Waals surface area (Å²) in [6, 6.07) is 2.67. The van der Waals surface area contributed by atoms with Gasteiger partial charge in [-0.25, -0.2) is 9.37 Å². The number of imidazole rings is 1. The lowest BCUT2D eigenvalue weighted by atomic mass is 10.1. The predicted molar refractivity (Wildman–Crippen MR) is 65.6 cm³/mol. The van der Waals surface area contributed by atoms with E-state index < -0.39 is 11.7 Å². The maximum atomic E-state index is 13.6. The summed E-state index contributed by atoms with van der Waals surface area (Å²) in [4.78, 5) is 18.0.